The van der Waals surface area contributed by atoms with Gasteiger partial charge in [0, 0.05) is 30.5 Å². The first-order chi connectivity index (χ1) is 12.1. The third-order valence-corrected chi connectivity index (χ3v) is 5.30. The number of anilines is 1. The van der Waals surface area contributed by atoms with Crippen LogP contribution in [0.3, 0.4) is 0 Å². The topological polar surface area (TPSA) is 16.1 Å². The Labute approximate surface area is 155 Å². The van der Waals surface area contributed by atoms with Gasteiger partial charge in [0.25, 0.3) is 0 Å². The van der Waals surface area contributed by atoms with Gasteiger partial charge in [-0.15, -0.1) is 0 Å². The minimum absolute atomic E-state index is 0.435. The Morgan fingerprint density at radius 1 is 0.960 bits per heavy atom. The highest BCUT2D eigenvalue weighted by atomic mass is 35.5. The lowest BCUT2D eigenvalue weighted by molar-refractivity contribution is 0.587. The molecule has 2 aromatic carbocycles. The molecule has 0 N–H and O–H groups in total. The predicted octanol–water partition coefficient (Wildman–Crippen LogP) is 5.76. The Hall–Kier alpha value is -2.10. The highest BCUT2D eigenvalue weighted by molar-refractivity contribution is 6.42. The number of hydrogen-bond donors (Lipinski definition) is 0. The summed E-state index contributed by atoms with van der Waals surface area (Å²) in [5.41, 5.74) is 4.95. The van der Waals surface area contributed by atoms with E-state index in [1.54, 1.807) is 12.1 Å². The Balaban J connectivity index is 1.62. The molecular formula is C20H15Cl2FN2. The zero-order chi connectivity index (χ0) is 17.4. The number of halogens is 3. The average Bonchev–Trinajstić information content (AvgIpc) is 2.63. The molecule has 2 heterocycles. The van der Waals surface area contributed by atoms with Crippen LogP contribution in [0.1, 0.15) is 11.1 Å². The number of benzene rings is 2. The fourth-order valence-electron chi connectivity index (χ4n) is 3.22. The van der Waals surface area contributed by atoms with E-state index >= 15 is 0 Å². The van der Waals surface area contributed by atoms with Crippen molar-refractivity contribution in [2.45, 2.75) is 13.0 Å². The highest BCUT2D eigenvalue weighted by Crippen LogP contribution is 2.32. The van der Waals surface area contributed by atoms with E-state index in [1.807, 2.05) is 24.3 Å². The lowest BCUT2D eigenvalue weighted by atomic mass is 9.94. The van der Waals surface area contributed by atoms with Crippen molar-refractivity contribution in [3.05, 3.63) is 81.8 Å². The van der Waals surface area contributed by atoms with Crippen LogP contribution in [0.5, 0.6) is 0 Å². The standard InChI is InChI=1S/C20H15Cl2FN2/c21-18-6-5-16(11-19(18)22)25-9-7-13-10-14(3-4-15(13)12-25)17-2-1-8-24-20(17)23/h1-6,8,10-11H,7,9,12H2. The summed E-state index contributed by atoms with van der Waals surface area (Å²) in [4.78, 5) is 6.01. The minimum atomic E-state index is -0.435. The Bertz CT molecular complexity index is 943. The highest BCUT2D eigenvalue weighted by Gasteiger charge is 2.18. The molecule has 0 amide bonds. The van der Waals surface area contributed by atoms with Crippen LogP contribution in [0.15, 0.2) is 54.7 Å². The Kier molecular flexibility index (Phi) is 4.36. The number of nitrogens with zero attached hydrogens (tertiary/aromatic N) is 2. The van der Waals surface area contributed by atoms with Gasteiger partial charge >= 0.3 is 0 Å². The zero-order valence-corrected chi connectivity index (χ0v) is 14.9. The van der Waals surface area contributed by atoms with Crippen LogP contribution in [0.2, 0.25) is 10.0 Å². The van der Waals surface area contributed by atoms with Crippen molar-refractivity contribution in [1.29, 1.82) is 0 Å². The summed E-state index contributed by atoms with van der Waals surface area (Å²) in [6.07, 6.45) is 2.36. The van der Waals surface area contributed by atoms with Gasteiger partial charge in [-0.05, 0) is 53.4 Å². The van der Waals surface area contributed by atoms with Crippen molar-refractivity contribution in [2.24, 2.45) is 0 Å². The van der Waals surface area contributed by atoms with E-state index < -0.39 is 5.95 Å². The van der Waals surface area contributed by atoms with E-state index in [0.717, 1.165) is 30.8 Å². The van der Waals surface area contributed by atoms with Gasteiger partial charge in [0.05, 0.1) is 10.0 Å². The second-order valence-electron chi connectivity index (χ2n) is 6.10. The van der Waals surface area contributed by atoms with Gasteiger partial charge in [-0.25, -0.2) is 4.98 Å². The molecule has 0 bridgehead atoms. The molecule has 3 aromatic rings. The second kappa shape index (κ2) is 6.66. The Morgan fingerprint density at radius 2 is 1.84 bits per heavy atom. The summed E-state index contributed by atoms with van der Waals surface area (Å²) in [5.74, 6) is -0.435. The molecule has 0 fully saturated rings. The SMILES string of the molecule is Fc1ncccc1-c1ccc2c(c1)CCN(c1ccc(Cl)c(Cl)c1)C2. The van der Waals surface area contributed by atoms with Gasteiger partial charge < -0.3 is 4.90 Å². The van der Waals surface area contributed by atoms with Crippen LogP contribution in [-0.4, -0.2) is 11.5 Å². The van der Waals surface area contributed by atoms with E-state index in [9.17, 15) is 4.39 Å². The minimum Gasteiger partial charge on any atom is -0.367 e. The first-order valence-corrected chi connectivity index (χ1v) is 8.80. The van der Waals surface area contributed by atoms with Crippen LogP contribution in [0.4, 0.5) is 10.1 Å². The van der Waals surface area contributed by atoms with Gasteiger partial charge in [0.15, 0.2) is 0 Å². The van der Waals surface area contributed by atoms with Crippen LogP contribution < -0.4 is 4.90 Å². The number of fused-ring (bicyclic) bond motifs is 1. The number of pyridine rings is 1. The quantitative estimate of drug-likeness (QED) is 0.531. The van der Waals surface area contributed by atoms with E-state index in [4.69, 9.17) is 23.2 Å². The maximum Gasteiger partial charge on any atom is 0.220 e. The van der Waals surface area contributed by atoms with Crippen molar-refractivity contribution in [3.63, 3.8) is 0 Å². The third kappa shape index (κ3) is 3.22. The van der Waals surface area contributed by atoms with Crippen molar-refractivity contribution < 1.29 is 4.39 Å². The molecule has 25 heavy (non-hydrogen) atoms. The first-order valence-electron chi connectivity index (χ1n) is 8.04. The van der Waals surface area contributed by atoms with E-state index in [2.05, 4.69) is 22.0 Å². The molecule has 0 saturated carbocycles. The largest absolute Gasteiger partial charge is 0.367 e. The molecule has 5 heteroatoms. The summed E-state index contributed by atoms with van der Waals surface area (Å²) >= 11 is 12.1. The molecule has 126 valence electrons. The monoisotopic (exact) mass is 372 g/mol. The van der Waals surface area contributed by atoms with Gasteiger partial charge in [-0.1, -0.05) is 41.4 Å². The first kappa shape index (κ1) is 16.4. The van der Waals surface area contributed by atoms with E-state index in [0.29, 0.717) is 15.6 Å². The van der Waals surface area contributed by atoms with Gasteiger partial charge in [0.1, 0.15) is 0 Å². The van der Waals surface area contributed by atoms with Crippen molar-refractivity contribution in [2.75, 3.05) is 11.4 Å². The van der Waals surface area contributed by atoms with Gasteiger partial charge in [-0.3, -0.25) is 0 Å². The van der Waals surface area contributed by atoms with Crippen molar-refractivity contribution >= 4 is 28.9 Å². The average molecular weight is 373 g/mol. The molecule has 0 atom stereocenters. The number of hydrogen-bond acceptors (Lipinski definition) is 2. The maximum atomic E-state index is 13.9. The fourth-order valence-corrected chi connectivity index (χ4v) is 3.52. The van der Waals surface area contributed by atoms with Crippen LogP contribution in [0.25, 0.3) is 11.1 Å². The molecule has 1 aromatic heterocycles. The van der Waals surface area contributed by atoms with Gasteiger partial charge in [0.2, 0.25) is 5.95 Å². The summed E-state index contributed by atoms with van der Waals surface area (Å²) in [6.45, 7) is 1.67. The normalized spacial score (nSPS) is 13.6. The molecule has 0 unspecified atom stereocenters. The molecule has 0 saturated heterocycles. The molecule has 1 aliphatic heterocycles. The smallest absolute Gasteiger partial charge is 0.220 e. The van der Waals surface area contributed by atoms with Crippen molar-refractivity contribution in [1.82, 2.24) is 4.98 Å². The maximum absolute atomic E-state index is 13.9. The van der Waals surface area contributed by atoms with Crippen LogP contribution in [-0.2, 0) is 13.0 Å². The zero-order valence-electron chi connectivity index (χ0n) is 13.3. The summed E-state index contributed by atoms with van der Waals surface area (Å²) in [7, 11) is 0. The Morgan fingerprint density at radius 3 is 2.64 bits per heavy atom. The van der Waals surface area contributed by atoms with E-state index in [-0.39, 0.29) is 0 Å². The summed E-state index contributed by atoms with van der Waals surface area (Å²) < 4.78 is 13.9. The second-order valence-corrected chi connectivity index (χ2v) is 6.91. The molecular weight excluding hydrogens is 358 g/mol. The summed E-state index contributed by atoms with van der Waals surface area (Å²) in [5, 5.41) is 1.12. The lowest BCUT2D eigenvalue weighted by Gasteiger charge is -2.31. The molecule has 0 spiro atoms. The van der Waals surface area contributed by atoms with E-state index in [1.165, 1.54) is 17.3 Å². The molecule has 0 radical (unpaired) electrons. The number of aromatic nitrogens is 1. The molecule has 0 aliphatic carbocycles. The molecule has 1 aliphatic rings. The van der Waals surface area contributed by atoms with Gasteiger partial charge in [-0.2, -0.15) is 4.39 Å². The van der Waals surface area contributed by atoms with Crippen LogP contribution in [0, 0.1) is 5.95 Å². The molecule has 4 rings (SSSR count). The molecule has 2 nitrogen and oxygen atoms in total. The lowest BCUT2D eigenvalue weighted by Crippen LogP contribution is -2.30. The fraction of sp³-hybridized carbons (Fsp3) is 0.150. The number of rotatable bonds is 2. The predicted molar refractivity (Wildman–Crippen MR) is 101 cm³/mol. The van der Waals surface area contributed by atoms with Crippen molar-refractivity contribution in [3.8, 4) is 11.1 Å². The summed E-state index contributed by atoms with van der Waals surface area (Å²) in [6, 6.07) is 15.3. The van der Waals surface area contributed by atoms with Crippen LogP contribution >= 0.6 is 23.2 Å². The third-order valence-electron chi connectivity index (χ3n) is 4.56.